The normalized spacial score (nSPS) is 29.3. The molecule has 0 aromatic rings. The summed E-state index contributed by atoms with van der Waals surface area (Å²) in [4.78, 5) is 38.2. The van der Waals surface area contributed by atoms with Crippen LogP contribution < -0.4 is 0 Å². The monoisotopic (exact) mass is 250 g/mol. The summed E-state index contributed by atoms with van der Waals surface area (Å²) in [5.74, 6) is 0.262. The third-order valence-corrected chi connectivity index (χ3v) is 5.12. The molecule has 1 heterocycles. The molecule has 0 N–H and O–H groups in total. The van der Waals surface area contributed by atoms with Gasteiger partial charge >= 0.3 is 6.03 Å². The molecule has 0 radical (unpaired) electrons. The van der Waals surface area contributed by atoms with Gasteiger partial charge in [-0.15, -0.1) is 0 Å². The number of imide groups is 1. The van der Waals surface area contributed by atoms with E-state index in [-0.39, 0.29) is 17.4 Å². The van der Waals surface area contributed by atoms with Crippen molar-refractivity contribution in [2.75, 3.05) is 14.1 Å². The first-order chi connectivity index (χ1) is 8.40. The van der Waals surface area contributed by atoms with Crippen LogP contribution in [-0.2, 0) is 9.59 Å². The number of carbonyl (C=O) groups excluding carboxylic acids is 3. The summed E-state index contributed by atoms with van der Waals surface area (Å²) < 4.78 is 0. The Morgan fingerprint density at radius 2 is 1.56 bits per heavy atom. The maximum absolute atomic E-state index is 12.2. The fraction of sp³-hybridized carbons (Fsp3) is 0.769. The topological polar surface area (TPSA) is 57.7 Å². The van der Waals surface area contributed by atoms with Crippen molar-refractivity contribution in [2.45, 2.75) is 44.1 Å². The van der Waals surface area contributed by atoms with Crippen LogP contribution in [0.25, 0.3) is 0 Å². The SMILES string of the molecule is CN1C(=O)N(C)C2(CC3(CCC(=O)CC3)C2)C1=O. The zero-order valence-electron chi connectivity index (χ0n) is 10.9. The highest BCUT2D eigenvalue weighted by Gasteiger charge is 2.66. The second-order valence-corrected chi connectivity index (χ2v) is 6.13. The van der Waals surface area contributed by atoms with Gasteiger partial charge < -0.3 is 4.90 Å². The Balaban J connectivity index is 1.80. The van der Waals surface area contributed by atoms with Crippen molar-refractivity contribution in [2.24, 2.45) is 5.41 Å². The first-order valence-electron chi connectivity index (χ1n) is 6.48. The number of rotatable bonds is 0. The van der Waals surface area contributed by atoms with E-state index in [1.807, 2.05) is 0 Å². The second kappa shape index (κ2) is 3.33. The molecule has 0 aromatic heterocycles. The molecule has 2 saturated carbocycles. The quantitative estimate of drug-likeness (QED) is 0.606. The lowest BCUT2D eigenvalue weighted by Crippen LogP contribution is -2.63. The van der Waals surface area contributed by atoms with Crippen molar-refractivity contribution in [3.05, 3.63) is 0 Å². The maximum Gasteiger partial charge on any atom is 0.327 e. The lowest BCUT2D eigenvalue weighted by atomic mass is 9.51. The van der Waals surface area contributed by atoms with E-state index in [2.05, 4.69) is 0 Å². The van der Waals surface area contributed by atoms with Gasteiger partial charge in [-0.25, -0.2) is 4.79 Å². The van der Waals surface area contributed by atoms with Crippen LogP contribution in [0.2, 0.25) is 0 Å². The second-order valence-electron chi connectivity index (χ2n) is 6.13. The Hall–Kier alpha value is -1.39. The summed E-state index contributed by atoms with van der Waals surface area (Å²) in [6.45, 7) is 0. The number of amides is 3. The summed E-state index contributed by atoms with van der Waals surface area (Å²) in [6.07, 6.45) is 4.51. The van der Waals surface area contributed by atoms with Gasteiger partial charge in [-0.05, 0) is 31.1 Å². The summed E-state index contributed by atoms with van der Waals surface area (Å²) in [5, 5.41) is 0. The predicted octanol–water partition coefficient (Wildman–Crippen LogP) is 1.17. The Labute approximate surface area is 106 Å². The van der Waals surface area contributed by atoms with Gasteiger partial charge in [0.1, 0.15) is 11.3 Å². The minimum absolute atomic E-state index is 0.0717. The standard InChI is InChI=1S/C13H18N2O3/c1-14-10(17)13(15(2)11(14)18)7-12(8-13)5-3-9(16)4-6-12/h3-8H2,1-2H3. The van der Waals surface area contributed by atoms with Crippen molar-refractivity contribution in [1.29, 1.82) is 0 Å². The molecule has 5 heteroatoms. The van der Waals surface area contributed by atoms with Gasteiger partial charge in [-0.3, -0.25) is 14.5 Å². The summed E-state index contributed by atoms with van der Waals surface area (Å²) in [6, 6.07) is -0.207. The predicted molar refractivity (Wildman–Crippen MR) is 63.8 cm³/mol. The van der Waals surface area contributed by atoms with Crippen LogP contribution in [-0.4, -0.2) is 47.2 Å². The van der Waals surface area contributed by atoms with E-state index >= 15 is 0 Å². The van der Waals surface area contributed by atoms with Crippen LogP contribution in [0.1, 0.15) is 38.5 Å². The number of hydrogen-bond donors (Lipinski definition) is 0. The van der Waals surface area contributed by atoms with Gasteiger partial charge in [0.2, 0.25) is 0 Å². The molecule has 1 aliphatic heterocycles. The number of carbonyl (C=O) groups is 3. The molecule has 18 heavy (non-hydrogen) atoms. The highest BCUT2D eigenvalue weighted by Crippen LogP contribution is 2.60. The Bertz CT molecular complexity index is 439. The zero-order valence-corrected chi connectivity index (χ0v) is 10.9. The van der Waals surface area contributed by atoms with Crippen molar-refractivity contribution in [3.63, 3.8) is 0 Å². The number of urea groups is 1. The van der Waals surface area contributed by atoms with E-state index < -0.39 is 5.54 Å². The molecule has 5 nitrogen and oxygen atoms in total. The largest absolute Gasteiger partial charge is 0.327 e. The molecule has 0 bridgehead atoms. The number of likely N-dealkylation sites (N-methyl/N-ethyl adjacent to an activating group) is 2. The fourth-order valence-corrected chi connectivity index (χ4v) is 3.94. The van der Waals surface area contributed by atoms with Gasteiger partial charge in [-0.1, -0.05) is 0 Å². The molecule has 3 amide bonds. The van der Waals surface area contributed by atoms with Crippen LogP contribution in [0.3, 0.4) is 0 Å². The van der Waals surface area contributed by atoms with Crippen LogP contribution in [0.5, 0.6) is 0 Å². The van der Waals surface area contributed by atoms with E-state index in [1.54, 1.807) is 19.0 Å². The summed E-state index contributed by atoms with van der Waals surface area (Å²) in [5.41, 5.74) is -0.477. The first kappa shape index (κ1) is 11.7. The Morgan fingerprint density at radius 1 is 1.00 bits per heavy atom. The average molecular weight is 250 g/mol. The third kappa shape index (κ3) is 1.25. The van der Waals surface area contributed by atoms with E-state index in [9.17, 15) is 14.4 Å². The number of hydrogen-bond acceptors (Lipinski definition) is 3. The van der Waals surface area contributed by atoms with Crippen LogP contribution in [0, 0.1) is 5.41 Å². The number of nitrogens with zero attached hydrogens (tertiary/aromatic N) is 2. The molecular weight excluding hydrogens is 232 g/mol. The van der Waals surface area contributed by atoms with E-state index in [0.29, 0.717) is 18.6 Å². The minimum atomic E-state index is -0.605. The van der Waals surface area contributed by atoms with Gasteiger partial charge in [0.05, 0.1) is 0 Å². The zero-order chi connectivity index (χ0) is 13.1. The lowest BCUT2D eigenvalue weighted by molar-refractivity contribution is -0.149. The van der Waals surface area contributed by atoms with E-state index in [4.69, 9.17) is 0 Å². The van der Waals surface area contributed by atoms with Crippen molar-refractivity contribution < 1.29 is 14.4 Å². The average Bonchev–Trinajstić information content (AvgIpc) is 2.47. The fourth-order valence-electron chi connectivity index (χ4n) is 3.94. The lowest BCUT2D eigenvalue weighted by Gasteiger charge is -2.56. The van der Waals surface area contributed by atoms with Crippen molar-refractivity contribution in [1.82, 2.24) is 9.80 Å². The van der Waals surface area contributed by atoms with Gasteiger partial charge in [0.25, 0.3) is 5.91 Å². The minimum Gasteiger partial charge on any atom is -0.313 e. The molecule has 3 fully saturated rings. The highest BCUT2D eigenvalue weighted by atomic mass is 16.2. The van der Waals surface area contributed by atoms with E-state index in [1.165, 1.54) is 4.90 Å². The molecule has 3 aliphatic rings. The molecule has 1 saturated heterocycles. The molecule has 2 spiro atoms. The Morgan fingerprint density at radius 3 is 2.00 bits per heavy atom. The molecule has 0 aromatic carbocycles. The van der Waals surface area contributed by atoms with E-state index in [0.717, 1.165) is 25.7 Å². The molecule has 2 aliphatic carbocycles. The van der Waals surface area contributed by atoms with Crippen LogP contribution in [0.4, 0.5) is 4.79 Å². The Kier molecular flexibility index (Phi) is 2.17. The molecular formula is C13H18N2O3. The van der Waals surface area contributed by atoms with Gasteiger partial charge in [-0.2, -0.15) is 0 Å². The maximum atomic E-state index is 12.2. The molecule has 0 unspecified atom stereocenters. The molecule has 3 rings (SSSR count). The smallest absolute Gasteiger partial charge is 0.313 e. The van der Waals surface area contributed by atoms with Crippen LogP contribution in [0.15, 0.2) is 0 Å². The van der Waals surface area contributed by atoms with Crippen LogP contribution >= 0.6 is 0 Å². The molecule has 0 atom stereocenters. The number of Topliss-reactive ketones (excluding diaryl/α,β-unsaturated/α-hetero) is 1. The molecule has 98 valence electrons. The van der Waals surface area contributed by atoms with Gasteiger partial charge in [0.15, 0.2) is 0 Å². The summed E-state index contributed by atoms with van der Waals surface area (Å²) >= 11 is 0. The first-order valence-corrected chi connectivity index (χ1v) is 6.48. The van der Waals surface area contributed by atoms with Gasteiger partial charge in [0, 0.05) is 26.9 Å². The van der Waals surface area contributed by atoms with Crippen molar-refractivity contribution >= 4 is 17.7 Å². The third-order valence-electron chi connectivity index (χ3n) is 5.12. The highest BCUT2D eigenvalue weighted by molar-refractivity contribution is 6.07. The summed E-state index contributed by atoms with van der Waals surface area (Å²) in [7, 11) is 3.26. The van der Waals surface area contributed by atoms with Crippen molar-refractivity contribution in [3.8, 4) is 0 Å². The number of ketones is 1.